The maximum Gasteiger partial charge on any atom is 0.416 e. The Hall–Kier alpha value is -2.06. The average molecular weight is 366 g/mol. The van der Waals surface area contributed by atoms with Gasteiger partial charge in [0.25, 0.3) is 0 Å². The highest BCUT2D eigenvalue weighted by Crippen LogP contribution is 2.36. The molecule has 2 unspecified atom stereocenters. The molecule has 2 rings (SSSR count). The molecule has 0 bridgehead atoms. The number of halogens is 6. The Labute approximate surface area is 140 Å². The molecule has 1 aliphatic rings. The minimum Gasteiger partial charge on any atom is -0.352 e. The van der Waals surface area contributed by atoms with Crippen LogP contribution in [0.15, 0.2) is 23.2 Å². The summed E-state index contributed by atoms with van der Waals surface area (Å²) in [4.78, 5) is 15.9. The van der Waals surface area contributed by atoms with E-state index in [1.54, 1.807) is 0 Å². The molecule has 0 saturated heterocycles. The molecule has 1 aromatic carbocycles. The molecule has 1 saturated carbocycles. The third-order valence-corrected chi connectivity index (χ3v) is 4.15. The smallest absolute Gasteiger partial charge is 0.352 e. The summed E-state index contributed by atoms with van der Waals surface area (Å²) < 4.78 is 76.7. The van der Waals surface area contributed by atoms with Crippen LogP contribution in [0.5, 0.6) is 0 Å². The second-order valence-corrected chi connectivity index (χ2v) is 5.98. The first kappa shape index (κ1) is 19.3. The van der Waals surface area contributed by atoms with Crippen LogP contribution in [-0.2, 0) is 23.7 Å². The Morgan fingerprint density at radius 1 is 1.08 bits per heavy atom. The molecule has 25 heavy (non-hydrogen) atoms. The van der Waals surface area contributed by atoms with Crippen LogP contribution >= 0.6 is 0 Å². The Bertz CT molecular complexity index is 621. The van der Waals surface area contributed by atoms with Crippen molar-refractivity contribution in [2.45, 2.75) is 44.2 Å². The summed E-state index contributed by atoms with van der Waals surface area (Å²) in [5.74, 6) is -0.763. The topological polar surface area (TPSA) is 41.5 Å². The third kappa shape index (κ3) is 4.96. The van der Waals surface area contributed by atoms with E-state index in [4.69, 9.17) is 0 Å². The second-order valence-electron chi connectivity index (χ2n) is 5.98. The molecular weight excluding hydrogens is 350 g/mol. The summed E-state index contributed by atoms with van der Waals surface area (Å²) in [6, 6.07) is 1.24. The van der Waals surface area contributed by atoms with Crippen molar-refractivity contribution < 1.29 is 31.1 Å². The van der Waals surface area contributed by atoms with Crippen molar-refractivity contribution in [2.75, 3.05) is 0 Å². The predicted octanol–water partition coefficient (Wildman–Crippen LogP) is 4.21. The number of nitrogens with zero attached hydrogens (tertiary/aromatic N) is 1. The third-order valence-electron chi connectivity index (χ3n) is 4.15. The van der Waals surface area contributed by atoms with Crippen LogP contribution in [0.1, 0.15) is 36.0 Å². The number of benzene rings is 1. The van der Waals surface area contributed by atoms with Gasteiger partial charge in [-0.05, 0) is 49.7 Å². The van der Waals surface area contributed by atoms with Crippen molar-refractivity contribution in [3.8, 4) is 0 Å². The van der Waals surface area contributed by atoms with Crippen LogP contribution in [0, 0.1) is 5.92 Å². The van der Waals surface area contributed by atoms with Gasteiger partial charge in [0.2, 0.25) is 5.91 Å². The van der Waals surface area contributed by atoms with E-state index in [1.165, 1.54) is 0 Å². The van der Waals surface area contributed by atoms with Gasteiger partial charge in [-0.3, -0.25) is 9.79 Å². The molecule has 1 amide bonds. The molecule has 3 nitrogen and oxygen atoms in total. The van der Waals surface area contributed by atoms with Gasteiger partial charge < -0.3 is 5.32 Å². The molecular formula is C16H16F6N2O. The Balaban J connectivity index is 2.13. The number of carbonyl (C=O) groups is 1. The molecule has 0 spiro atoms. The predicted molar refractivity (Wildman–Crippen MR) is 79.0 cm³/mol. The van der Waals surface area contributed by atoms with E-state index in [1.807, 2.05) is 0 Å². The van der Waals surface area contributed by atoms with E-state index in [2.05, 4.69) is 17.0 Å². The lowest BCUT2D eigenvalue weighted by Gasteiger charge is -2.15. The summed E-state index contributed by atoms with van der Waals surface area (Å²) in [6.07, 6.45) is -8.09. The van der Waals surface area contributed by atoms with Crippen molar-refractivity contribution in [2.24, 2.45) is 10.9 Å². The molecule has 0 aliphatic heterocycles. The molecule has 9 heteroatoms. The van der Waals surface area contributed by atoms with Crippen LogP contribution in [0.4, 0.5) is 26.3 Å². The fourth-order valence-electron chi connectivity index (χ4n) is 2.82. The van der Waals surface area contributed by atoms with Gasteiger partial charge in [0.1, 0.15) is 0 Å². The van der Waals surface area contributed by atoms with E-state index in [9.17, 15) is 31.1 Å². The summed E-state index contributed by atoms with van der Waals surface area (Å²) in [5.41, 5.74) is -3.06. The quantitative estimate of drug-likeness (QED) is 0.630. The zero-order chi connectivity index (χ0) is 18.8. The van der Waals surface area contributed by atoms with Crippen molar-refractivity contribution in [3.63, 3.8) is 0 Å². The van der Waals surface area contributed by atoms with Crippen LogP contribution in [0.25, 0.3) is 0 Å². The summed E-state index contributed by atoms with van der Waals surface area (Å²) in [7, 11) is 0. The maximum absolute atomic E-state index is 12.8. The van der Waals surface area contributed by atoms with E-state index < -0.39 is 35.9 Å². The zero-order valence-electron chi connectivity index (χ0n) is 13.0. The fourth-order valence-corrected chi connectivity index (χ4v) is 2.82. The van der Waals surface area contributed by atoms with Gasteiger partial charge >= 0.3 is 12.4 Å². The van der Waals surface area contributed by atoms with E-state index in [0.717, 1.165) is 0 Å². The molecule has 2 atom stereocenters. The molecule has 1 N–H and O–H groups in total. The lowest BCUT2D eigenvalue weighted by molar-refractivity contribution is -0.143. The van der Waals surface area contributed by atoms with Crippen molar-refractivity contribution >= 4 is 12.6 Å². The van der Waals surface area contributed by atoms with Crippen molar-refractivity contribution in [1.29, 1.82) is 0 Å². The Morgan fingerprint density at radius 3 is 2.08 bits per heavy atom. The van der Waals surface area contributed by atoms with Crippen LogP contribution < -0.4 is 5.32 Å². The number of aliphatic imine (C=N–C) groups is 1. The maximum atomic E-state index is 12.8. The number of hydrogen-bond acceptors (Lipinski definition) is 2. The summed E-state index contributed by atoms with van der Waals surface area (Å²) in [5, 5.41) is 2.41. The first-order chi connectivity index (χ1) is 11.5. The lowest BCUT2D eigenvalue weighted by atomic mass is 10.0. The molecule has 0 heterocycles. The molecule has 0 radical (unpaired) electrons. The zero-order valence-corrected chi connectivity index (χ0v) is 13.0. The number of hydrogen-bond donors (Lipinski definition) is 1. The fraction of sp³-hybridized carbons (Fsp3) is 0.500. The minimum atomic E-state index is -4.91. The SMILES string of the molecule is C=NC1CCC(C(=O)NCc2cc(C(F)(F)F)cc(C(F)(F)F)c2)C1. The number of amides is 1. The standard InChI is InChI=1S/C16H16F6N2O/c1-23-13-3-2-10(6-13)14(25)24-8-9-4-11(15(17,18)19)7-12(5-9)16(20,21)22/h4-5,7,10,13H,1-3,6,8H2,(H,24,25). The van der Waals surface area contributed by atoms with E-state index in [-0.39, 0.29) is 23.6 Å². The number of nitrogens with one attached hydrogen (secondary N) is 1. The normalized spacial score (nSPS) is 21.2. The first-order valence-electron chi connectivity index (χ1n) is 7.52. The minimum absolute atomic E-state index is 0.0406. The van der Waals surface area contributed by atoms with Gasteiger partial charge in [0.15, 0.2) is 0 Å². The van der Waals surface area contributed by atoms with Gasteiger partial charge in [-0.1, -0.05) is 0 Å². The number of carbonyl (C=O) groups excluding carboxylic acids is 1. The molecule has 0 aromatic heterocycles. The van der Waals surface area contributed by atoms with Gasteiger partial charge in [-0.25, -0.2) is 0 Å². The van der Waals surface area contributed by atoms with Gasteiger partial charge in [-0.2, -0.15) is 26.3 Å². The highest BCUT2D eigenvalue weighted by molar-refractivity contribution is 5.79. The second kappa shape index (κ2) is 7.05. The molecule has 1 fully saturated rings. The Morgan fingerprint density at radius 2 is 1.64 bits per heavy atom. The first-order valence-corrected chi connectivity index (χ1v) is 7.52. The van der Waals surface area contributed by atoms with Gasteiger partial charge in [-0.15, -0.1) is 0 Å². The van der Waals surface area contributed by atoms with Crippen molar-refractivity contribution in [1.82, 2.24) is 5.32 Å². The lowest BCUT2D eigenvalue weighted by Crippen LogP contribution is -2.29. The van der Waals surface area contributed by atoms with E-state index in [0.29, 0.717) is 31.4 Å². The molecule has 1 aliphatic carbocycles. The monoisotopic (exact) mass is 366 g/mol. The van der Waals surface area contributed by atoms with Gasteiger partial charge in [0.05, 0.1) is 11.1 Å². The van der Waals surface area contributed by atoms with E-state index >= 15 is 0 Å². The van der Waals surface area contributed by atoms with Gasteiger partial charge in [0, 0.05) is 18.5 Å². The number of rotatable bonds is 4. The van der Waals surface area contributed by atoms with Crippen LogP contribution in [-0.4, -0.2) is 18.7 Å². The summed E-state index contributed by atoms with van der Waals surface area (Å²) in [6.45, 7) is 2.99. The highest BCUT2D eigenvalue weighted by atomic mass is 19.4. The molecule has 1 aromatic rings. The average Bonchev–Trinajstić information content (AvgIpc) is 2.99. The largest absolute Gasteiger partial charge is 0.416 e. The number of alkyl halides is 6. The van der Waals surface area contributed by atoms with Crippen LogP contribution in [0.3, 0.4) is 0 Å². The Kier molecular flexibility index (Phi) is 5.43. The molecule has 138 valence electrons. The highest BCUT2D eigenvalue weighted by Gasteiger charge is 2.37. The van der Waals surface area contributed by atoms with Crippen molar-refractivity contribution in [3.05, 3.63) is 34.9 Å². The summed E-state index contributed by atoms with van der Waals surface area (Å²) >= 11 is 0. The van der Waals surface area contributed by atoms with Crippen LogP contribution in [0.2, 0.25) is 0 Å².